The molecule has 0 fully saturated rings. The highest BCUT2D eigenvalue weighted by atomic mass is 79.9. The molecule has 1 heterocycles. The standard InChI is InChI=1S/C12H7BrN2OS/c13-9-1-3-10(4-2-9)17-11-5-8(6-14)12(16)15-7-11/h1-5,7H,(H,15,16). The Morgan fingerprint density at radius 3 is 2.59 bits per heavy atom. The van der Waals surface area contributed by atoms with E-state index in [0.29, 0.717) is 0 Å². The van der Waals surface area contributed by atoms with Crippen LogP contribution in [0.25, 0.3) is 0 Å². The van der Waals surface area contributed by atoms with Crippen molar-refractivity contribution in [1.29, 1.82) is 5.26 Å². The van der Waals surface area contributed by atoms with Crippen LogP contribution in [0.15, 0.2) is 55.6 Å². The van der Waals surface area contributed by atoms with Crippen LogP contribution in [0.4, 0.5) is 0 Å². The highest BCUT2D eigenvalue weighted by Crippen LogP contribution is 2.27. The monoisotopic (exact) mass is 306 g/mol. The number of H-pyrrole nitrogens is 1. The summed E-state index contributed by atoms with van der Waals surface area (Å²) in [4.78, 5) is 15.6. The largest absolute Gasteiger partial charge is 0.327 e. The molecule has 2 aromatic rings. The Kier molecular flexibility index (Phi) is 3.67. The van der Waals surface area contributed by atoms with E-state index in [2.05, 4.69) is 20.9 Å². The summed E-state index contributed by atoms with van der Waals surface area (Å²) in [5.41, 5.74) is -0.222. The third-order valence-corrected chi connectivity index (χ3v) is 3.55. The van der Waals surface area contributed by atoms with E-state index in [0.717, 1.165) is 14.3 Å². The van der Waals surface area contributed by atoms with Gasteiger partial charge in [0, 0.05) is 20.5 Å². The van der Waals surface area contributed by atoms with Gasteiger partial charge in [-0.2, -0.15) is 5.26 Å². The van der Waals surface area contributed by atoms with Gasteiger partial charge in [0.15, 0.2) is 0 Å². The van der Waals surface area contributed by atoms with Gasteiger partial charge in [0.25, 0.3) is 5.56 Å². The molecule has 0 aliphatic carbocycles. The fourth-order valence-corrected chi connectivity index (χ4v) is 2.35. The number of rotatable bonds is 2. The predicted molar refractivity (Wildman–Crippen MR) is 70.0 cm³/mol. The Balaban J connectivity index is 2.28. The molecule has 2 rings (SSSR count). The molecule has 1 aromatic carbocycles. The summed E-state index contributed by atoms with van der Waals surface area (Å²) in [5.74, 6) is 0. The first-order valence-electron chi connectivity index (χ1n) is 4.75. The molecule has 0 unspecified atom stereocenters. The van der Waals surface area contributed by atoms with Gasteiger partial charge >= 0.3 is 0 Å². The second-order valence-electron chi connectivity index (χ2n) is 3.25. The summed E-state index contributed by atoms with van der Waals surface area (Å²) in [6.45, 7) is 0. The highest BCUT2D eigenvalue weighted by Gasteiger charge is 2.02. The number of nitrogens with one attached hydrogen (secondary N) is 1. The van der Waals surface area contributed by atoms with Gasteiger partial charge in [-0.25, -0.2) is 0 Å². The van der Waals surface area contributed by atoms with E-state index in [1.807, 2.05) is 30.3 Å². The molecule has 84 valence electrons. The summed E-state index contributed by atoms with van der Waals surface area (Å²) in [5, 5.41) is 8.76. The van der Waals surface area contributed by atoms with E-state index < -0.39 is 0 Å². The van der Waals surface area contributed by atoms with Crippen molar-refractivity contribution in [3.05, 3.63) is 56.9 Å². The zero-order valence-electron chi connectivity index (χ0n) is 8.61. The van der Waals surface area contributed by atoms with Crippen LogP contribution in [0.3, 0.4) is 0 Å². The van der Waals surface area contributed by atoms with Gasteiger partial charge < -0.3 is 4.98 Å². The maximum absolute atomic E-state index is 11.2. The SMILES string of the molecule is N#Cc1cc(Sc2ccc(Br)cc2)c[nH]c1=O. The van der Waals surface area contributed by atoms with Crippen LogP contribution in [0.1, 0.15) is 5.56 Å². The van der Waals surface area contributed by atoms with Crippen molar-refractivity contribution in [2.24, 2.45) is 0 Å². The van der Waals surface area contributed by atoms with E-state index in [-0.39, 0.29) is 11.1 Å². The molecule has 1 N–H and O–H groups in total. The number of benzene rings is 1. The number of aromatic nitrogens is 1. The topological polar surface area (TPSA) is 56.6 Å². The minimum absolute atomic E-state index is 0.132. The fraction of sp³-hybridized carbons (Fsp3) is 0. The van der Waals surface area contributed by atoms with Crippen molar-refractivity contribution in [2.75, 3.05) is 0 Å². The Morgan fingerprint density at radius 1 is 1.24 bits per heavy atom. The second-order valence-corrected chi connectivity index (χ2v) is 5.31. The molecule has 3 nitrogen and oxygen atoms in total. The first-order chi connectivity index (χ1) is 8.19. The van der Waals surface area contributed by atoms with Gasteiger partial charge in [-0.3, -0.25) is 4.79 Å². The Bertz CT molecular complexity index is 628. The van der Waals surface area contributed by atoms with Gasteiger partial charge in [0.1, 0.15) is 11.6 Å². The molecule has 0 saturated carbocycles. The van der Waals surface area contributed by atoms with Crippen LogP contribution in [0, 0.1) is 11.3 Å². The molecule has 0 atom stereocenters. The van der Waals surface area contributed by atoms with Crippen LogP contribution in [-0.2, 0) is 0 Å². The van der Waals surface area contributed by atoms with Crippen molar-refractivity contribution < 1.29 is 0 Å². The summed E-state index contributed by atoms with van der Waals surface area (Å²) in [7, 11) is 0. The van der Waals surface area contributed by atoms with Crippen LogP contribution in [0.2, 0.25) is 0 Å². The number of aromatic amines is 1. The number of hydrogen-bond acceptors (Lipinski definition) is 3. The van der Waals surface area contributed by atoms with E-state index in [1.54, 1.807) is 12.3 Å². The minimum atomic E-state index is -0.354. The summed E-state index contributed by atoms with van der Waals surface area (Å²) >= 11 is 4.86. The van der Waals surface area contributed by atoms with Gasteiger partial charge in [0.2, 0.25) is 0 Å². The zero-order chi connectivity index (χ0) is 12.3. The summed E-state index contributed by atoms with van der Waals surface area (Å²) < 4.78 is 1.01. The Hall–Kier alpha value is -1.51. The first-order valence-corrected chi connectivity index (χ1v) is 6.36. The lowest BCUT2D eigenvalue weighted by molar-refractivity contribution is 1.15. The van der Waals surface area contributed by atoms with Crippen LogP contribution in [-0.4, -0.2) is 4.98 Å². The molecule has 0 saturated heterocycles. The van der Waals surface area contributed by atoms with Crippen molar-refractivity contribution in [1.82, 2.24) is 4.98 Å². The van der Waals surface area contributed by atoms with E-state index in [9.17, 15) is 4.79 Å². The summed E-state index contributed by atoms with van der Waals surface area (Å²) in [6, 6.07) is 11.3. The van der Waals surface area contributed by atoms with Gasteiger partial charge in [-0.15, -0.1) is 0 Å². The molecule has 17 heavy (non-hydrogen) atoms. The third-order valence-electron chi connectivity index (χ3n) is 2.05. The molecular formula is C12H7BrN2OS. The number of halogens is 1. The van der Waals surface area contributed by atoms with Gasteiger partial charge in [-0.05, 0) is 30.3 Å². The Morgan fingerprint density at radius 2 is 1.94 bits per heavy atom. The van der Waals surface area contributed by atoms with Crippen molar-refractivity contribution >= 4 is 27.7 Å². The average Bonchev–Trinajstić information content (AvgIpc) is 2.34. The van der Waals surface area contributed by atoms with Crippen molar-refractivity contribution in [3.63, 3.8) is 0 Å². The minimum Gasteiger partial charge on any atom is -0.327 e. The predicted octanol–water partition coefficient (Wildman–Crippen LogP) is 3.16. The van der Waals surface area contributed by atoms with Gasteiger partial charge in [-0.1, -0.05) is 27.7 Å². The smallest absolute Gasteiger partial charge is 0.265 e. The first kappa shape index (κ1) is 12.0. The van der Waals surface area contributed by atoms with E-state index >= 15 is 0 Å². The lowest BCUT2D eigenvalue weighted by Crippen LogP contribution is -2.08. The normalized spacial score (nSPS) is 9.88. The maximum atomic E-state index is 11.2. The molecule has 0 aliphatic heterocycles. The molecule has 0 radical (unpaired) electrons. The number of nitriles is 1. The molecule has 0 bridgehead atoms. The molecule has 5 heteroatoms. The highest BCUT2D eigenvalue weighted by molar-refractivity contribution is 9.10. The maximum Gasteiger partial charge on any atom is 0.265 e. The van der Waals surface area contributed by atoms with Crippen molar-refractivity contribution in [3.8, 4) is 6.07 Å². The number of pyridine rings is 1. The number of nitrogens with zero attached hydrogens (tertiary/aromatic N) is 1. The Labute approximate surface area is 111 Å². The quantitative estimate of drug-likeness (QED) is 0.927. The second kappa shape index (κ2) is 5.21. The van der Waals surface area contributed by atoms with E-state index in [4.69, 9.17) is 5.26 Å². The van der Waals surface area contributed by atoms with Crippen LogP contribution in [0.5, 0.6) is 0 Å². The zero-order valence-corrected chi connectivity index (χ0v) is 11.0. The number of hydrogen-bond donors (Lipinski definition) is 1. The van der Waals surface area contributed by atoms with Gasteiger partial charge in [0.05, 0.1) is 0 Å². The fourth-order valence-electron chi connectivity index (χ4n) is 1.24. The molecular weight excluding hydrogens is 300 g/mol. The molecule has 1 aromatic heterocycles. The molecule has 0 aliphatic rings. The summed E-state index contributed by atoms with van der Waals surface area (Å²) in [6.07, 6.45) is 1.61. The molecule has 0 amide bonds. The lowest BCUT2D eigenvalue weighted by atomic mass is 10.3. The lowest BCUT2D eigenvalue weighted by Gasteiger charge is -2.01. The molecule has 0 spiro atoms. The average molecular weight is 307 g/mol. The van der Waals surface area contributed by atoms with Crippen LogP contribution >= 0.6 is 27.7 Å². The van der Waals surface area contributed by atoms with E-state index in [1.165, 1.54) is 11.8 Å². The van der Waals surface area contributed by atoms with Crippen LogP contribution < -0.4 is 5.56 Å². The third kappa shape index (κ3) is 2.99. The van der Waals surface area contributed by atoms with Crippen molar-refractivity contribution in [2.45, 2.75) is 9.79 Å².